The van der Waals surface area contributed by atoms with Crippen molar-refractivity contribution >= 4 is 0 Å². The van der Waals surface area contributed by atoms with Gasteiger partial charge in [-0.1, -0.05) is 12.8 Å². The van der Waals surface area contributed by atoms with E-state index < -0.39 is 0 Å². The summed E-state index contributed by atoms with van der Waals surface area (Å²) in [7, 11) is 0. The molecule has 2 N–H and O–H groups in total. The molecule has 2 rings (SSSR count). The van der Waals surface area contributed by atoms with Crippen LogP contribution in [0.25, 0.3) is 0 Å². The lowest BCUT2D eigenvalue weighted by atomic mass is 10.0. The zero-order chi connectivity index (χ0) is 11.3. The van der Waals surface area contributed by atoms with Crippen LogP contribution in [0.5, 0.6) is 0 Å². The molecule has 0 amide bonds. The Hall–Kier alpha value is -0.120. The molecule has 0 aromatic heterocycles. The summed E-state index contributed by atoms with van der Waals surface area (Å²) >= 11 is 0. The fourth-order valence-electron chi connectivity index (χ4n) is 2.97. The summed E-state index contributed by atoms with van der Waals surface area (Å²) in [6, 6.07) is 0. The molecule has 0 bridgehead atoms. The minimum Gasteiger partial charge on any atom is -0.315 e. The molecule has 0 aromatic carbocycles. The fourth-order valence-corrected chi connectivity index (χ4v) is 2.97. The second kappa shape index (κ2) is 5.99. The molecule has 0 radical (unpaired) electrons. The summed E-state index contributed by atoms with van der Waals surface area (Å²) < 4.78 is 0. The Morgan fingerprint density at radius 2 is 1.94 bits per heavy atom. The van der Waals surface area contributed by atoms with Crippen LogP contribution in [0, 0.1) is 0 Å². The van der Waals surface area contributed by atoms with Crippen LogP contribution in [0.4, 0.5) is 0 Å². The third-order valence-electron chi connectivity index (χ3n) is 4.12. The highest BCUT2D eigenvalue weighted by molar-refractivity contribution is 4.88. The Morgan fingerprint density at radius 3 is 2.75 bits per heavy atom. The summed E-state index contributed by atoms with van der Waals surface area (Å²) in [5, 5.41) is 7.22. The Balaban J connectivity index is 1.62. The summed E-state index contributed by atoms with van der Waals surface area (Å²) in [4.78, 5) is 2.59. The molecule has 2 aliphatic rings. The number of hydrogen-bond acceptors (Lipinski definition) is 3. The maximum Gasteiger partial charge on any atom is 0.0153 e. The highest BCUT2D eigenvalue weighted by atomic mass is 15.2. The van der Waals surface area contributed by atoms with Crippen molar-refractivity contribution in [1.29, 1.82) is 0 Å². The molecular formula is C13H27N3. The quantitative estimate of drug-likeness (QED) is 0.753. The van der Waals surface area contributed by atoms with Gasteiger partial charge in [-0.25, -0.2) is 0 Å². The van der Waals surface area contributed by atoms with E-state index in [0.717, 1.165) is 13.1 Å². The SMILES string of the molecule is CC1(NCCN2CCCNCC2)CCCC1. The van der Waals surface area contributed by atoms with Crippen molar-refractivity contribution in [2.45, 2.75) is 44.6 Å². The first kappa shape index (κ1) is 12.3. The van der Waals surface area contributed by atoms with E-state index >= 15 is 0 Å². The highest BCUT2D eigenvalue weighted by Crippen LogP contribution is 2.28. The van der Waals surface area contributed by atoms with Gasteiger partial charge in [0.05, 0.1) is 0 Å². The van der Waals surface area contributed by atoms with E-state index in [1.54, 1.807) is 0 Å². The molecule has 2 fully saturated rings. The third kappa shape index (κ3) is 3.72. The third-order valence-corrected chi connectivity index (χ3v) is 4.12. The maximum atomic E-state index is 3.76. The van der Waals surface area contributed by atoms with Gasteiger partial charge in [0, 0.05) is 31.7 Å². The molecule has 94 valence electrons. The molecule has 0 atom stereocenters. The van der Waals surface area contributed by atoms with Gasteiger partial charge in [-0.3, -0.25) is 0 Å². The van der Waals surface area contributed by atoms with Gasteiger partial charge in [-0.15, -0.1) is 0 Å². The average Bonchev–Trinajstić information content (AvgIpc) is 2.53. The first-order valence-electron chi connectivity index (χ1n) is 6.97. The zero-order valence-electron chi connectivity index (χ0n) is 10.7. The van der Waals surface area contributed by atoms with Gasteiger partial charge in [0.15, 0.2) is 0 Å². The Kier molecular flexibility index (Phi) is 4.62. The van der Waals surface area contributed by atoms with Crippen LogP contribution in [-0.4, -0.2) is 49.7 Å². The van der Waals surface area contributed by atoms with E-state index in [2.05, 4.69) is 22.5 Å². The molecule has 3 nitrogen and oxygen atoms in total. The van der Waals surface area contributed by atoms with Gasteiger partial charge in [0.2, 0.25) is 0 Å². The first-order chi connectivity index (χ1) is 7.79. The molecular weight excluding hydrogens is 198 g/mol. The number of nitrogens with zero attached hydrogens (tertiary/aromatic N) is 1. The Labute approximate surface area is 100.0 Å². The predicted octanol–water partition coefficient (Wildman–Crippen LogP) is 1.20. The smallest absolute Gasteiger partial charge is 0.0153 e. The van der Waals surface area contributed by atoms with Crippen LogP contribution >= 0.6 is 0 Å². The van der Waals surface area contributed by atoms with Gasteiger partial charge >= 0.3 is 0 Å². The number of rotatable bonds is 4. The Morgan fingerprint density at radius 1 is 1.12 bits per heavy atom. The second-order valence-corrected chi connectivity index (χ2v) is 5.64. The summed E-state index contributed by atoms with van der Waals surface area (Å²) in [6.45, 7) is 9.63. The number of nitrogens with one attached hydrogen (secondary N) is 2. The minimum absolute atomic E-state index is 0.449. The summed E-state index contributed by atoms with van der Waals surface area (Å²) in [5.74, 6) is 0. The lowest BCUT2D eigenvalue weighted by Gasteiger charge is -2.27. The van der Waals surface area contributed by atoms with Crippen molar-refractivity contribution in [3.63, 3.8) is 0 Å². The van der Waals surface area contributed by atoms with Crippen molar-refractivity contribution in [2.24, 2.45) is 0 Å². The van der Waals surface area contributed by atoms with Gasteiger partial charge in [-0.2, -0.15) is 0 Å². The van der Waals surface area contributed by atoms with Crippen molar-refractivity contribution in [2.75, 3.05) is 39.3 Å². The maximum absolute atomic E-state index is 3.76. The van der Waals surface area contributed by atoms with Crippen LogP contribution in [0.2, 0.25) is 0 Å². The monoisotopic (exact) mass is 225 g/mol. The fraction of sp³-hybridized carbons (Fsp3) is 1.00. The van der Waals surface area contributed by atoms with Crippen LogP contribution in [0.15, 0.2) is 0 Å². The van der Waals surface area contributed by atoms with Crippen molar-refractivity contribution in [3.05, 3.63) is 0 Å². The molecule has 1 saturated carbocycles. The average molecular weight is 225 g/mol. The van der Waals surface area contributed by atoms with Crippen LogP contribution in [0.1, 0.15) is 39.0 Å². The van der Waals surface area contributed by atoms with Crippen LogP contribution < -0.4 is 10.6 Å². The lowest BCUT2D eigenvalue weighted by Crippen LogP contribution is -2.44. The number of hydrogen-bond donors (Lipinski definition) is 2. The molecule has 0 aromatic rings. The zero-order valence-corrected chi connectivity index (χ0v) is 10.7. The minimum atomic E-state index is 0.449. The predicted molar refractivity (Wildman–Crippen MR) is 68.8 cm³/mol. The van der Waals surface area contributed by atoms with Gasteiger partial charge in [0.1, 0.15) is 0 Å². The molecule has 3 heteroatoms. The molecule has 0 spiro atoms. The normalized spacial score (nSPS) is 26.8. The largest absolute Gasteiger partial charge is 0.315 e. The first-order valence-corrected chi connectivity index (χ1v) is 6.97. The molecule has 1 aliphatic carbocycles. The van der Waals surface area contributed by atoms with Gasteiger partial charge in [0.25, 0.3) is 0 Å². The van der Waals surface area contributed by atoms with Crippen molar-refractivity contribution in [3.8, 4) is 0 Å². The highest BCUT2D eigenvalue weighted by Gasteiger charge is 2.27. The molecule has 16 heavy (non-hydrogen) atoms. The molecule has 1 saturated heterocycles. The van der Waals surface area contributed by atoms with E-state index in [-0.39, 0.29) is 0 Å². The van der Waals surface area contributed by atoms with Crippen molar-refractivity contribution < 1.29 is 0 Å². The van der Waals surface area contributed by atoms with Gasteiger partial charge < -0.3 is 15.5 Å². The van der Waals surface area contributed by atoms with Crippen LogP contribution in [0.3, 0.4) is 0 Å². The summed E-state index contributed by atoms with van der Waals surface area (Å²) in [5.41, 5.74) is 0.449. The van der Waals surface area contributed by atoms with Crippen molar-refractivity contribution in [1.82, 2.24) is 15.5 Å². The molecule has 1 heterocycles. The van der Waals surface area contributed by atoms with E-state index in [4.69, 9.17) is 0 Å². The topological polar surface area (TPSA) is 27.3 Å². The van der Waals surface area contributed by atoms with E-state index in [1.807, 2.05) is 0 Å². The molecule has 1 aliphatic heterocycles. The van der Waals surface area contributed by atoms with E-state index in [0.29, 0.717) is 5.54 Å². The standard InChI is InChI=1S/C13H27N3/c1-13(5-2-3-6-13)15-9-12-16-10-4-7-14-8-11-16/h14-15H,2-12H2,1H3. The van der Waals surface area contributed by atoms with E-state index in [9.17, 15) is 0 Å². The lowest BCUT2D eigenvalue weighted by molar-refractivity contribution is 0.267. The Bertz CT molecular complexity index is 191. The molecule has 0 unspecified atom stereocenters. The summed E-state index contributed by atoms with van der Waals surface area (Å²) in [6.07, 6.45) is 6.87. The van der Waals surface area contributed by atoms with Crippen LogP contribution in [-0.2, 0) is 0 Å². The van der Waals surface area contributed by atoms with Gasteiger partial charge in [-0.05, 0) is 39.3 Å². The second-order valence-electron chi connectivity index (χ2n) is 5.64. The van der Waals surface area contributed by atoms with E-state index in [1.165, 1.54) is 58.3 Å².